The summed E-state index contributed by atoms with van der Waals surface area (Å²) in [4.78, 5) is 38.0. The number of carbonyl (C=O) groups excluding carboxylic acids is 2. The lowest BCUT2D eigenvalue weighted by Crippen LogP contribution is -2.40. The Balaban J connectivity index is 1.24. The Hall–Kier alpha value is -3.78. The second kappa shape index (κ2) is 9.84. The number of hydrogen-bond acceptors (Lipinski definition) is 6. The summed E-state index contributed by atoms with van der Waals surface area (Å²) >= 11 is 1.56. The lowest BCUT2D eigenvalue weighted by atomic mass is 9.97. The quantitative estimate of drug-likeness (QED) is 0.394. The predicted octanol–water partition coefficient (Wildman–Crippen LogP) is 5.42. The van der Waals surface area contributed by atoms with E-state index in [0.29, 0.717) is 17.8 Å². The normalized spacial score (nSPS) is 15.7. The van der Waals surface area contributed by atoms with Crippen molar-refractivity contribution in [1.82, 2.24) is 9.97 Å². The molecule has 1 fully saturated rings. The summed E-state index contributed by atoms with van der Waals surface area (Å²) in [6.45, 7) is 5.53. The van der Waals surface area contributed by atoms with Crippen LogP contribution >= 0.6 is 11.3 Å². The monoisotopic (exact) mass is 485 g/mol. The summed E-state index contributed by atoms with van der Waals surface area (Å²) < 4.78 is 0. The molecule has 35 heavy (non-hydrogen) atoms. The highest BCUT2D eigenvalue weighted by atomic mass is 32.1. The van der Waals surface area contributed by atoms with Crippen molar-refractivity contribution < 1.29 is 9.59 Å². The average molecular weight is 486 g/mol. The Bertz CT molecular complexity index is 1370. The van der Waals surface area contributed by atoms with Crippen LogP contribution in [0.2, 0.25) is 0 Å². The Labute approximate surface area is 208 Å². The van der Waals surface area contributed by atoms with Crippen LogP contribution in [-0.2, 0) is 4.79 Å². The number of pyridine rings is 1. The minimum atomic E-state index is -0.211. The fraction of sp³-hybridized carbons (Fsp3) is 0.259. The largest absolute Gasteiger partial charge is 0.347 e. The van der Waals surface area contributed by atoms with Crippen molar-refractivity contribution >= 4 is 50.0 Å². The molecule has 8 heteroatoms. The van der Waals surface area contributed by atoms with Crippen LogP contribution in [-0.4, -0.2) is 34.9 Å². The maximum absolute atomic E-state index is 13.1. The first-order valence-corrected chi connectivity index (χ1v) is 12.5. The second-order valence-corrected chi connectivity index (χ2v) is 9.89. The molecule has 0 aliphatic carbocycles. The molecule has 0 bridgehead atoms. The number of rotatable bonds is 5. The summed E-state index contributed by atoms with van der Waals surface area (Å²) in [5.74, 6) is -0.407. The van der Waals surface area contributed by atoms with Gasteiger partial charge in [-0.25, -0.2) is 9.97 Å². The van der Waals surface area contributed by atoms with Crippen molar-refractivity contribution in [3.05, 3.63) is 77.5 Å². The molecule has 3 heterocycles. The van der Waals surface area contributed by atoms with E-state index >= 15 is 0 Å². The van der Waals surface area contributed by atoms with Gasteiger partial charge in [-0.15, -0.1) is 0 Å². The van der Waals surface area contributed by atoms with Crippen molar-refractivity contribution in [1.29, 1.82) is 0 Å². The third-order valence-electron chi connectivity index (χ3n) is 6.37. The highest BCUT2D eigenvalue weighted by Crippen LogP contribution is 2.30. The second-order valence-electron chi connectivity index (χ2n) is 8.93. The van der Waals surface area contributed by atoms with Crippen molar-refractivity contribution in [3.63, 3.8) is 0 Å². The van der Waals surface area contributed by atoms with Gasteiger partial charge in [-0.3, -0.25) is 9.59 Å². The number of anilines is 3. The zero-order valence-electron chi connectivity index (χ0n) is 19.7. The van der Waals surface area contributed by atoms with E-state index in [1.54, 1.807) is 35.7 Å². The molecule has 2 aromatic heterocycles. The highest BCUT2D eigenvalue weighted by Gasteiger charge is 2.27. The maximum Gasteiger partial charge on any atom is 0.255 e. The average Bonchev–Trinajstić information content (AvgIpc) is 3.31. The first kappa shape index (κ1) is 23.0. The van der Waals surface area contributed by atoms with E-state index in [1.807, 2.05) is 50.2 Å². The maximum atomic E-state index is 13.1. The van der Waals surface area contributed by atoms with Crippen LogP contribution in [0.5, 0.6) is 0 Å². The van der Waals surface area contributed by atoms with Crippen molar-refractivity contribution in [2.45, 2.75) is 26.7 Å². The molecule has 178 valence electrons. The molecule has 0 saturated carbocycles. The van der Waals surface area contributed by atoms with Gasteiger partial charge in [-0.1, -0.05) is 23.5 Å². The number of aromatic nitrogens is 2. The molecule has 1 saturated heterocycles. The van der Waals surface area contributed by atoms with Gasteiger partial charge in [-0.05, 0) is 80.3 Å². The van der Waals surface area contributed by atoms with E-state index in [2.05, 4.69) is 20.5 Å². The van der Waals surface area contributed by atoms with E-state index in [4.69, 9.17) is 4.98 Å². The van der Waals surface area contributed by atoms with Gasteiger partial charge in [0.2, 0.25) is 5.91 Å². The number of nitrogens with zero attached hydrogens (tertiary/aromatic N) is 3. The van der Waals surface area contributed by atoms with Gasteiger partial charge in [0.15, 0.2) is 5.13 Å². The first-order valence-electron chi connectivity index (χ1n) is 11.7. The highest BCUT2D eigenvalue weighted by molar-refractivity contribution is 7.21. The number of fused-ring (bicyclic) bond motifs is 1. The molecule has 0 unspecified atom stereocenters. The van der Waals surface area contributed by atoms with E-state index in [-0.39, 0.29) is 17.7 Å². The van der Waals surface area contributed by atoms with E-state index in [0.717, 1.165) is 46.1 Å². The molecule has 2 N–H and O–H groups in total. The van der Waals surface area contributed by atoms with Crippen LogP contribution < -0.4 is 15.5 Å². The Morgan fingerprint density at radius 3 is 2.69 bits per heavy atom. The minimum Gasteiger partial charge on any atom is -0.347 e. The van der Waals surface area contributed by atoms with Crippen LogP contribution in [0.4, 0.5) is 16.5 Å². The summed E-state index contributed by atoms with van der Waals surface area (Å²) in [7, 11) is 0. The van der Waals surface area contributed by atoms with E-state index in [9.17, 15) is 9.59 Å². The number of piperidine rings is 1. The SMILES string of the molecule is Cc1ccc(NC(=O)c2cccc(NC(=O)[C@@H]3CCCN(c4nc5cccnc5s4)C3)c2)cc1C. The number of nitrogens with one attached hydrogen (secondary N) is 2. The van der Waals surface area contributed by atoms with Gasteiger partial charge in [-0.2, -0.15) is 0 Å². The number of benzene rings is 2. The molecular weight excluding hydrogens is 458 g/mol. The molecule has 2 amide bonds. The third kappa shape index (κ3) is 5.17. The molecule has 5 rings (SSSR count). The van der Waals surface area contributed by atoms with Crippen LogP contribution in [0.1, 0.15) is 34.3 Å². The van der Waals surface area contributed by atoms with E-state index < -0.39 is 0 Å². The smallest absolute Gasteiger partial charge is 0.255 e. The molecule has 0 spiro atoms. The molecule has 0 radical (unpaired) electrons. The molecular formula is C27H27N5O2S. The lowest BCUT2D eigenvalue weighted by Gasteiger charge is -2.31. The fourth-order valence-corrected chi connectivity index (χ4v) is 5.21. The third-order valence-corrected chi connectivity index (χ3v) is 7.41. The molecule has 1 aliphatic heterocycles. The summed E-state index contributed by atoms with van der Waals surface area (Å²) in [5.41, 5.74) is 5.04. The van der Waals surface area contributed by atoms with Crippen molar-refractivity contribution in [2.24, 2.45) is 5.92 Å². The first-order chi connectivity index (χ1) is 17.0. The zero-order chi connectivity index (χ0) is 24.4. The summed E-state index contributed by atoms with van der Waals surface area (Å²) in [6, 6.07) is 16.7. The molecule has 2 aromatic carbocycles. The van der Waals surface area contributed by atoms with Gasteiger partial charge in [0.25, 0.3) is 5.91 Å². The van der Waals surface area contributed by atoms with Gasteiger partial charge in [0, 0.05) is 36.2 Å². The topological polar surface area (TPSA) is 87.2 Å². The number of carbonyl (C=O) groups is 2. The minimum absolute atomic E-state index is 0.0411. The fourth-order valence-electron chi connectivity index (χ4n) is 4.26. The lowest BCUT2D eigenvalue weighted by molar-refractivity contribution is -0.120. The van der Waals surface area contributed by atoms with Gasteiger partial charge in [0.1, 0.15) is 10.3 Å². The Morgan fingerprint density at radius 1 is 1.00 bits per heavy atom. The van der Waals surface area contributed by atoms with Gasteiger partial charge in [0.05, 0.1) is 5.92 Å². The van der Waals surface area contributed by atoms with Gasteiger partial charge < -0.3 is 15.5 Å². The van der Waals surface area contributed by atoms with Gasteiger partial charge >= 0.3 is 0 Å². The van der Waals surface area contributed by atoms with E-state index in [1.165, 1.54) is 5.56 Å². The van der Waals surface area contributed by atoms with Crippen LogP contribution in [0, 0.1) is 19.8 Å². The number of amides is 2. The predicted molar refractivity (Wildman–Crippen MR) is 141 cm³/mol. The number of aryl methyl sites for hydroxylation is 2. The molecule has 7 nitrogen and oxygen atoms in total. The van der Waals surface area contributed by atoms with Crippen LogP contribution in [0.25, 0.3) is 10.3 Å². The standard InChI is InChI=1S/C27H27N5O2S/c1-17-10-11-22(14-18(17)2)30-24(33)19-6-3-8-21(15-19)29-25(34)20-7-5-13-32(16-20)27-31-23-9-4-12-28-26(23)35-27/h3-4,6,8-12,14-15,20H,5,7,13,16H2,1-2H3,(H,29,34)(H,30,33)/t20-/m1/s1. The Kier molecular flexibility index (Phi) is 6.46. The summed E-state index contributed by atoms with van der Waals surface area (Å²) in [5, 5.41) is 6.85. The van der Waals surface area contributed by atoms with Crippen LogP contribution in [0.3, 0.4) is 0 Å². The van der Waals surface area contributed by atoms with Crippen LogP contribution in [0.15, 0.2) is 60.8 Å². The van der Waals surface area contributed by atoms with Crippen molar-refractivity contribution in [2.75, 3.05) is 28.6 Å². The summed E-state index contributed by atoms with van der Waals surface area (Å²) in [6.07, 6.45) is 3.51. The molecule has 4 aromatic rings. The molecule has 1 aliphatic rings. The molecule has 1 atom stereocenters. The number of thiazole rings is 1. The van der Waals surface area contributed by atoms with Crippen molar-refractivity contribution in [3.8, 4) is 0 Å². The Morgan fingerprint density at radius 2 is 1.86 bits per heavy atom. The zero-order valence-corrected chi connectivity index (χ0v) is 20.6. The number of hydrogen-bond donors (Lipinski definition) is 2.